The Hall–Kier alpha value is -2.22. The van der Waals surface area contributed by atoms with Crippen molar-refractivity contribution in [2.75, 3.05) is 26.8 Å². The van der Waals surface area contributed by atoms with Crippen LogP contribution in [0.15, 0.2) is 53.0 Å². The zero-order chi connectivity index (χ0) is 20.8. The number of carbonyl (C=O) groups excluding carboxylic acids is 2. The molecule has 1 saturated heterocycles. The lowest BCUT2D eigenvalue weighted by Crippen LogP contribution is -2.50. The normalized spacial score (nSPS) is 18.1. The fraction of sp³-hybridized carbons (Fsp3) is 0.364. The first-order valence-corrected chi connectivity index (χ1v) is 10.3. The molecule has 2 unspecified atom stereocenters. The monoisotopic (exact) mass is 460 g/mol. The van der Waals surface area contributed by atoms with Crippen LogP contribution in [0.5, 0.6) is 0 Å². The summed E-state index contributed by atoms with van der Waals surface area (Å²) in [7, 11) is 1.35. The molecule has 0 bridgehead atoms. The summed E-state index contributed by atoms with van der Waals surface area (Å²) in [5.41, 5.74) is 2.52. The molecular weight excluding hydrogens is 436 g/mol. The summed E-state index contributed by atoms with van der Waals surface area (Å²) in [6, 6.07) is 14.8. The van der Waals surface area contributed by atoms with Gasteiger partial charge in [-0.15, -0.1) is 0 Å². The largest absolute Gasteiger partial charge is 0.465 e. The Morgan fingerprint density at radius 2 is 1.90 bits per heavy atom. The van der Waals surface area contributed by atoms with E-state index in [1.54, 1.807) is 12.1 Å². The van der Waals surface area contributed by atoms with Gasteiger partial charge in [-0.25, -0.2) is 4.79 Å². The van der Waals surface area contributed by atoms with Gasteiger partial charge >= 0.3 is 5.97 Å². The van der Waals surface area contributed by atoms with Gasteiger partial charge < -0.3 is 14.8 Å². The van der Waals surface area contributed by atoms with Crippen LogP contribution in [0.4, 0.5) is 0 Å². The van der Waals surface area contributed by atoms with E-state index in [4.69, 9.17) is 9.47 Å². The fourth-order valence-electron chi connectivity index (χ4n) is 3.28. The Kier molecular flexibility index (Phi) is 7.41. The maximum atomic E-state index is 12.7. The van der Waals surface area contributed by atoms with Gasteiger partial charge in [-0.2, -0.15) is 0 Å². The van der Waals surface area contributed by atoms with Crippen molar-refractivity contribution in [1.29, 1.82) is 0 Å². The summed E-state index contributed by atoms with van der Waals surface area (Å²) >= 11 is 3.45. The van der Waals surface area contributed by atoms with E-state index in [-0.39, 0.29) is 24.0 Å². The number of morpholine rings is 1. The van der Waals surface area contributed by atoms with Gasteiger partial charge in [0.05, 0.1) is 31.4 Å². The number of rotatable bonds is 6. The summed E-state index contributed by atoms with van der Waals surface area (Å²) in [5, 5.41) is 2.98. The van der Waals surface area contributed by atoms with E-state index in [1.165, 1.54) is 7.11 Å². The zero-order valence-electron chi connectivity index (χ0n) is 16.6. The molecule has 0 aliphatic carbocycles. The van der Waals surface area contributed by atoms with Crippen molar-refractivity contribution in [3.05, 3.63) is 69.7 Å². The molecule has 2 aromatic carbocycles. The van der Waals surface area contributed by atoms with Gasteiger partial charge in [-0.1, -0.05) is 40.2 Å². The Bertz CT molecular complexity index is 839. The fourth-order valence-corrected chi connectivity index (χ4v) is 3.54. The third kappa shape index (κ3) is 5.65. The first kappa shape index (κ1) is 21.5. The van der Waals surface area contributed by atoms with Gasteiger partial charge in [0.1, 0.15) is 0 Å². The smallest absolute Gasteiger partial charge is 0.337 e. The Morgan fingerprint density at radius 3 is 2.55 bits per heavy atom. The van der Waals surface area contributed by atoms with Crippen LogP contribution in [0.1, 0.15) is 34.5 Å². The van der Waals surface area contributed by atoms with Gasteiger partial charge in [-0.3, -0.25) is 9.69 Å². The number of ether oxygens (including phenoxy) is 2. The van der Waals surface area contributed by atoms with Crippen molar-refractivity contribution in [3.63, 3.8) is 0 Å². The molecule has 2 atom stereocenters. The minimum absolute atomic E-state index is 0.0292. The van der Waals surface area contributed by atoms with Gasteiger partial charge in [0.15, 0.2) is 0 Å². The lowest BCUT2D eigenvalue weighted by molar-refractivity contribution is -0.129. The van der Waals surface area contributed by atoms with Crippen LogP contribution in [-0.2, 0) is 20.8 Å². The number of hydrogen-bond donors (Lipinski definition) is 1. The number of nitrogens with zero attached hydrogens (tertiary/aromatic N) is 1. The SMILES string of the molecule is COC(=O)c1ccc(CNC(=O)C(C)N2CCOC(c3ccc(Br)cc3)C2)cc1. The highest BCUT2D eigenvalue weighted by Gasteiger charge is 2.28. The predicted molar refractivity (Wildman–Crippen MR) is 113 cm³/mol. The standard InChI is InChI=1S/C22H25BrN2O4/c1-15(21(26)24-13-16-3-5-18(6-4-16)22(27)28-2)25-11-12-29-20(14-25)17-7-9-19(23)10-8-17/h3-10,15,20H,11-14H2,1-2H3,(H,24,26). The van der Waals surface area contributed by atoms with E-state index in [9.17, 15) is 9.59 Å². The molecule has 154 valence electrons. The van der Waals surface area contributed by atoms with Crippen LogP contribution >= 0.6 is 15.9 Å². The van der Waals surface area contributed by atoms with Crippen LogP contribution in [0, 0.1) is 0 Å². The van der Waals surface area contributed by atoms with Crippen LogP contribution in [0.3, 0.4) is 0 Å². The van der Waals surface area contributed by atoms with Crippen molar-refractivity contribution < 1.29 is 19.1 Å². The number of hydrogen-bond acceptors (Lipinski definition) is 5. The van der Waals surface area contributed by atoms with Crippen LogP contribution in [0.25, 0.3) is 0 Å². The summed E-state index contributed by atoms with van der Waals surface area (Å²) in [6.07, 6.45) is -0.0436. The first-order valence-electron chi connectivity index (χ1n) is 9.54. The molecule has 1 N–H and O–H groups in total. The minimum Gasteiger partial charge on any atom is -0.465 e. The maximum Gasteiger partial charge on any atom is 0.337 e. The third-order valence-corrected chi connectivity index (χ3v) is 5.64. The van der Waals surface area contributed by atoms with Gasteiger partial charge in [-0.05, 0) is 42.3 Å². The number of carbonyl (C=O) groups is 2. The topological polar surface area (TPSA) is 67.9 Å². The highest BCUT2D eigenvalue weighted by molar-refractivity contribution is 9.10. The molecule has 3 rings (SSSR count). The second-order valence-electron chi connectivity index (χ2n) is 6.99. The predicted octanol–water partition coefficient (Wildman–Crippen LogP) is 3.31. The lowest BCUT2D eigenvalue weighted by Gasteiger charge is -2.36. The van der Waals surface area contributed by atoms with E-state index < -0.39 is 0 Å². The molecule has 1 aliphatic heterocycles. The summed E-state index contributed by atoms with van der Waals surface area (Å²) in [6.45, 7) is 4.30. The molecule has 2 aromatic rings. The molecule has 1 aliphatic rings. The molecule has 1 heterocycles. The molecule has 0 spiro atoms. The Balaban J connectivity index is 1.54. The number of benzene rings is 2. The van der Waals surface area contributed by atoms with Crippen LogP contribution in [-0.4, -0.2) is 49.6 Å². The average Bonchev–Trinajstić information content (AvgIpc) is 2.77. The third-order valence-electron chi connectivity index (χ3n) is 5.11. The van der Waals surface area contributed by atoms with Gasteiger partial charge in [0.2, 0.25) is 5.91 Å². The number of nitrogens with one attached hydrogen (secondary N) is 1. The van der Waals surface area contributed by atoms with Crippen LogP contribution < -0.4 is 5.32 Å². The molecule has 7 heteroatoms. The molecule has 29 heavy (non-hydrogen) atoms. The molecule has 0 radical (unpaired) electrons. The van der Waals surface area contributed by atoms with Crippen molar-refractivity contribution >= 4 is 27.8 Å². The molecule has 1 fully saturated rings. The van der Waals surface area contributed by atoms with Crippen molar-refractivity contribution in [3.8, 4) is 0 Å². The summed E-state index contributed by atoms with van der Waals surface area (Å²) < 4.78 is 11.6. The molecule has 1 amide bonds. The highest BCUT2D eigenvalue weighted by Crippen LogP contribution is 2.24. The number of esters is 1. The average molecular weight is 461 g/mol. The van der Waals surface area contributed by atoms with E-state index in [1.807, 2.05) is 43.3 Å². The van der Waals surface area contributed by atoms with E-state index in [0.29, 0.717) is 25.3 Å². The van der Waals surface area contributed by atoms with Crippen molar-refractivity contribution in [2.24, 2.45) is 0 Å². The van der Waals surface area contributed by atoms with E-state index in [0.717, 1.165) is 22.1 Å². The number of halogens is 1. The molecule has 0 aromatic heterocycles. The Labute approximate surface area is 179 Å². The highest BCUT2D eigenvalue weighted by atomic mass is 79.9. The second-order valence-corrected chi connectivity index (χ2v) is 7.90. The first-order chi connectivity index (χ1) is 14.0. The summed E-state index contributed by atoms with van der Waals surface area (Å²) in [4.78, 5) is 26.3. The van der Waals surface area contributed by atoms with E-state index >= 15 is 0 Å². The second kappa shape index (κ2) is 10.0. The van der Waals surface area contributed by atoms with Gasteiger partial charge in [0, 0.05) is 24.1 Å². The maximum absolute atomic E-state index is 12.7. The molecule has 6 nitrogen and oxygen atoms in total. The summed E-state index contributed by atoms with van der Waals surface area (Å²) in [5.74, 6) is -0.402. The van der Waals surface area contributed by atoms with Crippen molar-refractivity contribution in [2.45, 2.75) is 25.6 Å². The number of amides is 1. The minimum atomic E-state index is -0.373. The molecule has 0 saturated carbocycles. The lowest BCUT2D eigenvalue weighted by atomic mass is 10.1. The van der Waals surface area contributed by atoms with Crippen molar-refractivity contribution in [1.82, 2.24) is 10.2 Å². The number of methoxy groups -OCH3 is 1. The zero-order valence-corrected chi connectivity index (χ0v) is 18.1. The Morgan fingerprint density at radius 1 is 1.21 bits per heavy atom. The van der Waals surface area contributed by atoms with E-state index in [2.05, 4.69) is 26.1 Å². The van der Waals surface area contributed by atoms with Crippen LogP contribution in [0.2, 0.25) is 0 Å². The quantitative estimate of drug-likeness (QED) is 0.669. The van der Waals surface area contributed by atoms with Gasteiger partial charge in [0.25, 0.3) is 0 Å². The molecular formula is C22H25BrN2O4.